The topological polar surface area (TPSA) is 22.0 Å². The Labute approximate surface area is 149 Å². The van der Waals surface area contributed by atoms with E-state index in [2.05, 4.69) is 0 Å². The molecule has 1 unspecified atom stereocenters. The molecule has 0 saturated carbocycles. The highest BCUT2D eigenvalue weighted by atomic mass is 19.4. The zero-order chi connectivity index (χ0) is 19.1. The maximum absolute atomic E-state index is 14.0. The molecule has 5 heteroatoms. The molecule has 2 nitrogen and oxygen atoms in total. The van der Waals surface area contributed by atoms with Gasteiger partial charge in [-0.2, -0.15) is 13.2 Å². The molecule has 0 fully saturated rings. The zero-order valence-electron chi connectivity index (χ0n) is 14.9. The molecule has 2 aromatic carbocycles. The van der Waals surface area contributed by atoms with Gasteiger partial charge in [-0.25, -0.2) is 0 Å². The second-order valence-corrected chi connectivity index (χ2v) is 6.54. The smallest absolute Gasteiger partial charge is 0.311 e. The van der Waals surface area contributed by atoms with Crippen LogP contribution in [0.25, 0.3) is 10.9 Å². The number of fused-ring (bicyclic) bond motifs is 1. The molecule has 0 amide bonds. The lowest BCUT2D eigenvalue weighted by molar-refractivity contribution is -0.137. The Kier molecular flexibility index (Phi) is 4.65. The van der Waals surface area contributed by atoms with Crippen molar-refractivity contribution in [2.75, 3.05) is 0 Å². The molecule has 1 atom stereocenters. The summed E-state index contributed by atoms with van der Waals surface area (Å²) in [4.78, 5) is 13.0. The van der Waals surface area contributed by atoms with Crippen molar-refractivity contribution in [2.45, 2.75) is 32.4 Å². The monoisotopic (exact) mass is 359 g/mol. The summed E-state index contributed by atoms with van der Waals surface area (Å²) in [6, 6.07) is 13.5. The van der Waals surface area contributed by atoms with E-state index >= 15 is 0 Å². The number of rotatable bonds is 3. The number of benzene rings is 2. The first-order chi connectivity index (χ1) is 12.3. The zero-order valence-corrected chi connectivity index (χ0v) is 14.9. The second kappa shape index (κ2) is 6.63. The van der Waals surface area contributed by atoms with Crippen molar-refractivity contribution in [1.29, 1.82) is 0 Å². The molecule has 0 aliphatic rings. The SMILES string of the molecule is CCC(c1cccc(C)c1)c1c(C(F)(F)F)c2ccccc2n(C)c1=O. The number of nitrogens with zero attached hydrogens (tertiary/aromatic N) is 1. The van der Waals surface area contributed by atoms with E-state index in [1.165, 1.54) is 17.7 Å². The number of aryl methyl sites for hydroxylation is 2. The number of alkyl halides is 3. The lowest BCUT2D eigenvalue weighted by Gasteiger charge is -2.23. The van der Waals surface area contributed by atoms with E-state index in [1.54, 1.807) is 24.3 Å². The van der Waals surface area contributed by atoms with Crippen LogP contribution in [0.5, 0.6) is 0 Å². The number of hydrogen-bond donors (Lipinski definition) is 0. The molecule has 0 aliphatic carbocycles. The van der Waals surface area contributed by atoms with Crippen molar-refractivity contribution in [3.05, 3.63) is 81.1 Å². The lowest BCUT2D eigenvalue weighted by Crippen LogP contribution is -2.29. The van der Waals surface area contributed by atoms with Crippen LogP contribution in [-0.2, 0) is 13.2 Å². The summed E-state index contributed by atoms with van der Waals surface area (Å²) in [7, 11) is 1.53. The van der Waals surface area contributed by atoms with Crippen molar-refractivity contribution >= 4 is 10.9 Å². The van der Waals surface area contributed by atoms with Crippen LogP contribution in [0.4, 0.5) is 13.2 Å². The van der Waals surface area contributed by atoms with Gasteiger partial charge in [0.2, 0.25) is 0 Å². The quantitative estimate of drug-likeness (QED) is 0.613. The van der Waals surface area contributed by atoms with E-state index in [4.69, 9.17) is 0 Å². The minimum atomic E-state index is -4.61. The van der Waals surface area contributed by atoms with Crippen LogP contribution in [0, 0.1) is 6.92 Å². The highest BCUT2D eigenvalue weighted by Crippen LogP contribution is 2.41. The first-order valence-corrected chi connectivity index (χ1v) is 8.51. The third kappa shape index (κ3) is 3.02. The number of pyridine rings is 1. The Balaban J connectivity index is 2.45. The van der Waals surface area contributed by atoms with E-state index in [-0.39, 0.29) is 16.5 Å². The summed E-state index contributed by atoms with van der Waals surface area (Å²) in [6.07, 6.45) is -4.21. The van der Waals surface area contributed by atoms with Gasteiger partial charge in [0.1, 0.15) is 0 Å². The van der Waals surface area contributed by atoms with Gasteiger partial charge in [0, 0.05) is 23.9 Å². The summed E-state index contributed by atoms with van der Waals surface area (Å²) >= 11 is 0. The molecule has 0 N–H and O–H groups in total. The van der Waals surface area contributed by atoms with E-state index in [9.17, 15) is 18.0 Å². The molecule has 3 aromatic rings. The highest BCUT2D eigenvalue weighted by molar-refractivity contribution is 5.84. The Morgan fingerprint density at radius 1 is 1.08 bits per heavy atom. The Morgan fingerprint density at radius 3 is 2.38 bits per heavy atom. The molecule has 0 aliphatic heterocycles. The fourth-order valence-electron chi connectivity index (χ4n) is 3.64. The number of hydrogen-bond acceptors (Lipinski definition) is 1. The minimum absolute atomic E-state index is 0.0585. The van der Waals surface area contributed by atoms with Crippen molar-refractivity contribution in [2.24, 2.45) is 7.05 Å². The predicted octanol–water partition coefficient (Wildman–Crippen LogP) is 5.41. The van der Waals surface area contributed by atoms with Gasteiger partial charge >= 0.3 is 6.18 Å². The van der Waals surface area contributed by atoms with E-state index in [0.29, 0.717) is 6.42 Å². The fourth-order valence-corrected chi connectivity index (χ4v) is 3.64. The van der Waals surface area contributed by atoms with Gasteiger partial charge in [-0.3, -0.25) is 4.79 Å². The van der Waals surface area contributed by atoms with Crippen LogP contribution >= 0.6 is 0 Å². The molecular weight excluding hydrogens is 339 g/mol. The van der Waals surface area contributed by atoms with Crippen LogP contribution in [0.2, 0.25) is 0 Å². The summed E-state index contributed by atoms with van der Waals surface area (Å²) in [5, 5.41) is 0.0585. The Bertz CT molecular complexity index is 1020. The number of halogens is 3. The van der Waals surface area contributed by atoms with Crippen LogP contribution in [0.3, 0.4) is 0 Å². The van der Waals surface area contributed by atoms with Crippen LogP contribution < -0.4 is 5.56 Å². The summed E-state index contributed by atoms with van der Waals surface area (Å²) < 4.78 is 43.4. The molecule has 0 spiro atoms. The second-order valence-electron chi connectivity index (χ2n) is 6.54. The van der Waals surface area contributed by atoms with Gasteiger partial charge < -0.3 is 4.57 Å². The lowest BCUT2D eigenvalue weighted by atomic mass is 9.85. The normalized spacial score (nSPS) is 13.2. The maximum atomic E-state index is 14.0. The molecule has 136 valence electrons. The third-order valence-electron chi connectivity index (χ3n) is 4.82. The molecule has 26 heavy (non-hydrogen) atoms. The van der Waals surface area contributed by atoms with E-state index in [1.807, 2.05) is 32.0 Å². The molecule has 0 saturated heterocycles. The third-order valence-corrected chi connectivity index (χ3v) is 4.82. The van der Waals surface area contributed by atoms with Crippen LogP contribution in [0.15, 0.2) is 53.3 Å². The van der Waals surface area contributed by atoms with Gasteiger partial charge in [-0.15, -0.1) is 0 Å². The molecule has 3 rings (SSSR count). The maximum Gasteiger partial charge on any atom is 0.417 e. The van der Waals surface area contributed by atoms with Gasteiger partial charge in [-0.1, -0.05) is 55.0 Å². The Hall–Kier alpha value is -2.56. The molecule has 1 heterocycles. The molecular formula is C21H20F3NO. The average Bonchev–Trinajstić information content (AvgIpc) is 2.59. The molecule has 0 radical (unpaired) electrons. The van der Waals surface area contributed by atoms with E-state index < -0.39 is 23.2 Å². The predicted molar refractivity (Wildman–Crippen MR) is 97.5 cm³/mol. The standard InChI is InChI=1S/C21H20F3NO/c1-4-15(14-9-7-8-13(2)12-14)18-19(21(22,23)24)16-10-5-6-11-17(16)25(3)20(18)26/h5-12,15H,4H2,1-3H3. The molecule has 1 aromatic heterocycles. The van der Waals surface area contributed by atoms with E-state index in [0.717, 1.165) is 11.1 Å². The van der Waals surface area contributed by atoms with Crippen molar-refractivity contribution < 1.29 is 13.2 Å². The highest BCUT2D eigenvalue weighted by Gasteiger charge is 2.39. The minimum Gasteiger partial charge on any atom is -0.311 e. The first kappa shape index (κ1) is 18.2. The van der Waals surface area contributed by atoms with Crippen molar-refractivity contribution in [3.63, 3.8) is 0 Å². The van der Waals surface area contributed by atoms with Gasteiger partial charge in [0.15, 0.2) is 0 Å². The number of para-hydroxylation sites is 1. The van der Waals surface area contributed by atoms with Gasteiger partial charge in [-0.05, 0) is 25.0 Å². The van der Waals surface area contributed by atoms with Crippen molar-refractivity contribution in [1.82, 2.24) is 4.57 Å². The largest absolute Gasteiger partial charge is 0.417 e. The van der Waals surface area contributed by atoms with Crippen molar-refractivity contribution in [3.8, 4) is 0 Å². The van der Waals surface area contributed by atoms with Gasteiger partial charge in [0.05, 0.1) is 11.1 Å². The fraction of sp³-hybridized carbons (Fsp3) is 0.286. The Morgan fingerprint density at radius 2 is 1.77 bits per heavy atom. The molecule has 0 bridgehead atoms. The van der Waals surface area contributed by atoms with Crippen LogP contribution in [-0.4, -0.2) is 4.57 Å². The van der Waals surface area contributed by atoms with Gasteiger partial charge in [0.25, 0.3) is 5.56 Å². The van der Waals surface area contributed by atoms with Crippen LogP contribution in [0.1, 0.15) is 41.5 Å². The first-order valence-electron chi connectivity index (χ1n) is 8.51. The summed E-state index contributed by atoms with van der Waals surface area (Å²) in [6.45, 7) is 3.70. The average molecular weight is 359 g/mol. The summed E-state index contributed by atoms with van der Waals surface area (Å²) in [5.74, 6) is -0.616. The summed E-state index contributed by atoms with van der Waals surface area (Å²) in [5.41, 5.74) is 0.380. The number of aromatic nitrogens is 1.